The summed E-state index contributed by atoms with van der Waals surface area (Å²) in [5.74, 6) is 0.790. The summed E-state index contributed by atoms with van der Waals surface area (Å²) in [5, 5.41) is 8.05. The second-order valence-electron chi connectivity index (χ2n) is 4.21. The van der Waals surface area contributed by atoms with Crippen LogP contribution >= 0.6 is 0 Å². The van der Waals surface area contributed by atoms with Crippen LogP contribution in [0.2, 0.25) is 0 Å². The first-order chi connectivity index (χ1) is 8.79. The molecule has 1 aliphatic heterocycles. The fourth-order valence-electron chi connectivity index (χ4n) is 2.11. The molecule has 2 aromatic rings. The largest absolute Gasteiger partial charge is 0.351 e. The zero-order valence-electron chi connectivity index (χ0n) is 10.0. The lowest BCUT2D eigenvalue weighted by molar-refractivity contribution is -0.118. The maximum Gasteiger partial charge on any atom is 0.209 e. The molecule has 8 heteroatoms. The molecule has 18 heavy (non-hydrogen) atoms. The number of amides is 1. The Morgan fingerprint density at radius 2 is 2.00 bits per heavy atom. The van der Waals surface area contributed by atoms with Crippen LogP contribution in [0.3, 0.4) is 0 Å². The van der Waals surface area contributed by atoms with Crippen molar-refractivity contribution in [1.29, 1.82) is 0 Å². The van der Waals surface area contributed by atoms with Crippen LogP contribution in [-0.2, 0) is 11.8 Å². The van der Waals surface area contributed by atoms with Gasteiger partial charge < -0.3 is 9.80 Å². The first-order valence-corrected chi connectivity index (χ1v) is 5.74. The molecular weight excluding hydrogens is 234 g/mol. The molecule has 3 heterocycles. The predicted octanol–water partition coefficient (Wildman–Crippen LogP) is -0.963. The predicted molar refractivity (Wildman–Crippen MR) is 63.9 cm³/mol. The first-order valence-electron chi connectivity index (χ1n) is 5.74. The van der Waals surface area contributed by atoms with E-state index in [4.69, 9.17) is 0 Å². The fourth-order valence-corrected chi connectivity index (χ4v) is 2.11. The molecule has 8 nitrogen and oxygen atoms in total. The second-order valence-corrected chi connectivity index (χ2v) is 4.21. The van der Waals surface area contributed by atoms with E-state index in [2.05, 4.69) is 25.2 Å². The molecule has 0 aromatic carbocycles. The van der Waals surface area contributed by atoms with Gasteiger partial charge in [0.15, 0.2) is 17.0 Å². The van der Waals surface area contributed by atoms with Gasteiger partial charge >= 0.3 is 0 Å². The van der Waals surface area contributed by atoms with Crippen molar-refractivity contribution in [1.82, 2.24) is 29.9 Å². The maximum atomic E-state index is 10.7. The Bertz CT molecular complexity index is 573. The summed E-state index contributed by atoms with van der Waals surface area (Å²) in [7, 11) is 1.80. The highest BCUT2D eigenvalue weighted by Crippen LogP contribution is 2.20. The van der Waals surface area contributed by atoms with Gasteiger partial charge in [0.05, 0.1) is 0 Å². The second kappa shape index (κ2) is 4.21. The summed E-state index contributed by atoms with van der Waals surface area (Å²) < 4.78 is 1.63. The molecule has 3 rings (SSSR count). The molecule has 1 aliphatic rings. The topological polar surface area (TPSA) is 80.0 Å². The molecule has 0 unspecified atom stereocenters. The molecule has 0 bridgehead atoms. The average Bonchev–Trinajstić information content (AvgIpc) is 2.81. The lowest BCUT2D eigenvalue weighted by Gasteiger charge is -2.33. The van der Waals surface area contributed by atoms with Gasteiger partial charge in [0.1, 0.15) is 6.33 Å². The highest BCUT2D eigenvalue weighted by Gasteiger charge is 2.20. The molecule has 0 spiro atoms. The van der Waals surface area contributed by atoms with Crippen molar-refractivity contribution in [3.05, 3.63) is 6.33 Å². The van der Waals surface area contributed by atoms with E-state index in [1.165, 1.54) is 6.33 Å². The number of hydrogen-bond donors (Lipinski definition) is 0. The lowest BCUT2D eigenvalue weighted by atomic mass is 10.3. The summed E-state index contributed by atoms with van der Waals surface area (Å²) in [4.78, 5) is 23.0. The van der Waals surface area contributed by atoms with Crippen molar-refractivity contribution in [3.8, 4) is 0 Å². The molecule has 0 aliphatic carbocycles. The third-order valence-corrected chi connectivity index (χ3v) is 3.13. The van der Waals surface area contributed by atoms with Gasteiger partial charge in [-0.2, -0.15) is 0 Å². The first kappa shape index (κ1) is 10.9. The molecule has 1 fully saturated rings. The van der Waals surface area contributed by atoms with E-state index in [0.29, 0.717) is 18.6 Å². The van der Waals surface area contributed by atoms with Crippen molar-refractivity contribution in [3.63, 3.8) is 0 Å². The highest BCUT2D eigenvalue weighted by molar-refractivity contribution is 5.82. The van der Waals surface area contributed by atoms with Gasteiger partial charge in [-0.1, -0.05) is 5.21 Å². The number of aryl methyl sites for hydroxylation is 1. The van der Waals surface area contributed by atoms with Crippen molar-refractivity contribution in [2.45, 2.75) is 0 Å². The molecule has 0 radical (unpaired) electrons. The summed E-state index contributed by atoms with van der Waals surface area (Å²) in [6, 6.07) is 0. The molecule has 1 amide bonds. The number of hydrogen-bond acceptors (Lipinski definition) is 6. The number of carbonyl (C=O) groups is 1. The zero-order chi connectivity index (χ0) is 12.5. The van der Waals surface area contributed by atoms with E-state index >= 15 is 0 Å². The third kappa shape index (κ3) is 1.66. The van der Waals surface area contributed by atoms with Crippen molar-refractivity contribution in [2.24, 2.45) is 7.05 Å². The lowest BCUT2D eigenvalue weighted by Crippen LogP contribution is -2.46. The van der Waals surface area contributed by atoms with Crippen LogP contribution in [0.25, 0.3) is 11.2 Å². The summed E-state index contributed by atoms with van der Waals surface area (Å²) in [5.41, 5.74) is 1.43. The maximum absolute atomic E-state index is 10.7. The molecule has 2 aromatic heterocycles. The molecular formula is C10H13N7O. The van der Waals surface area contributed by atoms with Crippen LogP contribution in [0.5, 0.6) is 0 Å². The van der Waals surface area contributed by atoms with Gasteiger partial charge in [0.25, 0.3) is 0 Å². The van der Waals surface area contributed by atoms with Crippen molar-refractivity contribution in [2.75, 3.05) is 31.1 Å². The van der Waals surface area contributed by atoms with E-state index < -0.39 is 0 Å². The number of piperazine rings is 1. The number of anilines is 1. The minimum absolute atomic E-state index is 0.704. The van der Waals surface area contributed by atoms with Gasteiger partial charge in [-0.05, 0) is 0 Å². The van der Waals surface area contributed by atoms with Crippen LogP contribution in [-0.4, -0.2) is 62.5 Å². The summed E-state index contributed by atoms with van der Waals surface area (Å²) in [6.45, 7) is 2.91. The Kier molecular flexibility index (Phi) is 2.54. The number of rotatable bonds is 2. The van der Waals surface area contributed by atoms with Gasteiger partial charge in [-0.3, -0.25) is 4.79 Å². The van der Waals surface area contributed by atoms with Gasteiger partial charge in [-0.15, -0.1) is 5.10 Å². The Morgan fingerprint density at radius 3 is 2.72 bits per heavy atom. The molecule has 0 N–H and O–H groups in total. The van der Waals surface area contributed by atoms with E-state index in [1.807, 2.05) is 0 Å². The van der Waals surface area contributed by atoms with Crippen LogP contribution in [0.1, 0.15) is 0 Å². The van der Waals surface area contributed by atoms with Crippen molar-refractivity contribution >= 4 is 23.4 Å². The highest BCUT2D eigenvalue weighted by atomic mass is 16.1. The smallest absolute Gasteiger partial charge is 0.209 e. The summed E-state index contributed by atoms with van der Waals surface area (Å²) in [6.07, 6.45) is 2.41. The SMILES string of the molecule is Cn1nnc2c(N3CCN(C=O)CC3)ncnc21. The minimum atomic E-state index is 0.704. The Labute approximate surface area is 103 Å². The van der Waals surface area contributed by atoms with Crippen LogP contribution in [0.4, 0.5) is 5.82 Å². The minimum Gasteiger partial charge on any atom is -0.351 e. The summed E-state index contributed by atoms with van der Waals surface area (Å²) >= 11 is 0. The Morgan fingerprint density at radius 1 is 1.22 bits per heavy atom. The number of nitrogens with zero attached hydrogens (tertiary/aromatic N) is 7. The van der Waals surface area contributed by atoms with E-state index in [-0.39, 0.29) is 0 Å². The number of carbonyl (C=O) groups excluding carboxylic acids is 1. The van der Waals surface area contributed by atoms with Crippen LogP contribution in [0, 0.1) is 0 Å². The van der Waals surface area contributed by atoms with Gasteiger partial charge in [-0.25, -0.2) is 14.6 Å². The fraction of sp³-hybridized carbons (Fsp3) is 0.500. The van der Waals surface area contributed by atoms with E-state index in [1.54, 1.807) is 16.6 Å². The standard InChI is InChI=1S/C10H13N7O/c1-15-9-8(13-14-15)10(12-6-11-9)17-4-2-16(7-18)3-5-17/h6-7H,2-5H2,1H3. The van der Waals surface area contributed by atoms with E-state index in [0.717, 1.165) is 31.0 Å². The van der Waals surface area contributed by atoms with Crippen LogP contribution < -0.4 is 4.90 Å². The number of fused-ring (bicyclic) bond motifs is 1. The van der Waals surface area contributed by atoms with Gasteiger partial charge in [0, 0.05) is 33.2 Å². The Hall–Kier alpha value is -2.25. The number of aromatic nitrogens is 5. The third-order valence-electron chi connectivity index (χ3n) is 3.13. The van der Waals surface area contributed by atoms with E-state index in [9.17, 15) is 4.79 Å². The monoisotopic (exact) mass is 247 g/mol. The average molecular weight is 247 g/mol. The Balaban J connectivity index is 1.93. The zero-order valence-corrected chi connectivity index (χ0v) is 10.0. The molecule has 94 valence electrons. The van der Waals surface area contributed by atoms with Crippen LogP contribution in [0.15, 0.2) is 6.33 Å². The molecule has 1 saturated heterocycles. The quantitative estimate of drug-likeness (QED) is 0.636. The molecule has 0 atom stereocenters. The normalized spacial score (nSPS) is 16.3. The molecule has 0 saturated carbocycles. The van der Waals surface area contributed by atoms with Gasteiger partial charge in [0.2, 0.25) is 6.41 Å². The van der Waals surface area contributed by atoms with Crippen molar-refractivity contribution < 1.29 is 4.79 Å².